The fraction of sp³-hybridized carbons (Fsp3) is 0.240. The van der Waals surface area contributed by atoms with Crippen LogP contribution in [-0.4, -0.2) is 16.6 Å². The van der Waals surface area contributed by atoms with Crippen LogP contribution in [0.25, 0.3) is 33.5 Å². The fourth-order valence-corrected chi connectivity index (χ4v) is 3.42. The van der Waals surface area contributed by atoms with E-state index in [0.29, 0.717) is 11.4 Å². The van der Waals surface area contributed by atoms with Crippen molar-refractivity contribution in [2.24, 2.45) is 0 Å². The highest BCUT2D eigenvalue weighted by Crippen LogP contribution is 2.29. The minimum Gasteiger partial charge on any atom is -0.494 e. The second-order valence-corrected chi connectivity index (χ2v) is 7.38. The van der Waals surface area contributed by atoms with Gasteiger partial charge < -0.3 is 9.72 Å². The Morgan fingerprint density at radius 2 is 1.72 bits per heavy atom. The van der Waals surface area contributed by atoms with Crippen LogP contribution < -0.4 is 4.74 Å². The van der Waals surface area contributed by atoms with Crippen LogP contribution in [0.15, 0.2) is 60.7 Å². The molecule has 1 heterocycles. The van der Waals surface area contributed by atoms with Crippen LogP contribution in [0.3, 0.4) is 0 Å². The first kappa shape index (κ1) is 19.2. The molecule has 148 valence electrons. The molecule has 4 heteroatoms. The number of benzene rings is 3. The van der Waals surface area contributed by atoms with E-state index in [2.05, 4.69) is 16.9 Å². The summed E-state index contributed by atoms with van der Waals surface area (Å²) in [6.45, 7) is 4.93. The number of nitrogens with zero attached hydrogens (tertiary/aromatic N) is 1. The van der Waals surface area contributed by atoms with Gasteiger partial charge in [0.15, 0.2) is 0 Å². The number of aromatic amines is 1. The Labute approximate surface area is 170 Å². The van der Waals surface area contributed by atoms with Crippen molar-refractivity contribution in [2.45, 2.75) is 33.1 Å². The molecule has 4 rings (SSSR count). The molecule has 0 aliphatic heterocycles. The lowest BCUT2D eigenvalue weighted by Gasteiger charge is -2.08. The molecule has 1 aromatic heterocycles. The Balaban J connectivity index is 1.53. The van der Waals surface area contributed by atoms with Crippen molar-refractivity contribution in [3.63, 3.8) is 0 Å². The third-order valence-electron chi connectivity index (χ3n) is 5.07. The number of ether oxygens (including phenoxy) is 1. The number of aryl methyl sites for hydroxylation is 1. The Morgan fingerprint density at radius 1 is 0.931 bits per heavy atom. The van der Waals surface area contributed by atoms with E-state index >= 15 is 0 Å². The van der Waals surface area contributed by atoms with E-state index in [-0.39, 0.29) is 5.82 Å². The maximum Gasteiger partial charge on any atom is 0.141 e. The quantitative estimate of drug-likeness (QED) is 0.349. The number of fused-ring (bicyclic) bond motifs is 1. The molecule has 4 aromatic rings. The SMILES string of the molecule is CCCCCOc1ccc(-c2ccc(-c3nc4ccc(C)cc4[nH]3)c(F)c2)cc1. The van der Waals surface area contributed by atoms with E-state index in [1.807, 2.05) is 55.5 Å². The summed E-state index contributed by atoms with van der Waals surface area (Å²) < 4.78 is 20.6. The van der Waals surface area contributed by atoms with Gasteiger partial charge in [0.2, 0.25) is 0 Å². The lowest BCUT2D eigenvalue weighted by Crippen LogP contribution is -1.96. The largest absolute Gasteiger partial charge is 0.494 e. The Bertz CT molecular complexity index is 1120. The number of hydrogen-bond acceptors (Lipinski definition) is 2. The zero-order valence-electron chi connectivity index (χ0n) is 16.8. The maximum atomic E-state index is 14.9. The summed E-state index contributed by atoms with van der Waals surface area (Å²) in [4.78, 5) is 7.75. The molecule has 1 N–H and O–H groups in total. The molecule has 0 bridgehead atoms. The first-order valence-corrected chi connectivity index (χ1v) is 10.1. The van der Waals surface area contributed by atoms with Crippen LogP contribution >= 0.6 is 0 Å². The Kier molecular flexibility index (Phi) is 5.61. The highest BCUT2D eigenvalue weighted by Gasteiger charge is 2.12. The van der Waals surface area contributed by atoms with E-state index in [4.69, 9.17) is 4.74 Å². The number of H-pyrrole nitrogens is 1. The van der Waals surface area contributed by atoms with Gasteiger partial charge in [-0.15, -0.1) is 0 Å². The van der Waals surface area contributed by atoms with E-state index < -0.39 is 0 Å². The fourth-order valence-electron chi connectivity index (χ4n) is 3.42. The average molecular weight is 388 g/mol. The van der Waals surface area contributed by atoms with Gasteiger partial charge >= 0.3 is 0 Å². The summed E-state index contributed by atoms with van der Waals surface area (Å²) in [7, 11) is 0. The average Bonchev–Trinajstić information content (AvgIpc) is 3.14. The second kappa shape index (κ2) is 8.48. The summed E-state index contributed by atoms with van der Waals surface area (Å²) in [6, 6.07) is 19.0. The molecule has 0 saturated carbocycles. The number of hydrogen-bond donors (Lipinski definition) is 1. The van der Waals surface area contributed by atoms with Crippen LogP contribution in [0.4, 0.5) is 4.39 Å². The van der Waals surface area contributed by atoms with Crippen LogP contribution in [-0.2, 0) is 0 Å². The maximum absolute atomic E-state index is 14.9. The second-order valence-electron chi connectivity index (χ2n) is 7.38. The van der Waals surface area contributed by atoms with Gasteiger partial charge in [0, 0.05) is 0 Å². The van der Waals surface area contributed by atoms with Crippen molar-refractivity contribution in [1.29, 1.82) is 0 Å². The molecule has 0 amide bonds. The molecule has 0 aliphatic carbocycles. The van der Waals surface area contributed by atoms with Crippen LogP contribution in [0.1, 0.15) is 31.7 Å². The van der Waals surface area contributed by atoms with Gasteiger partial charge in [-0.1, -0.05) is 44.0 Å². The topological polar surface area (TPSA) is 37.9 Å². The van der Waals surface area contributed by atoms with Crippen LogP contribution in [0.2, 0.25) is 0 Å². The number of nitrogens with one attached hydrogen (secondary N) is 1. The standard InChI is InChI=1S/C25H25FN2O/c1-3-4-5-14-29-20-10-7-18(8-11-20)19-9-12-21(22(26)16-19)25-27-23-13-6-17(2)15-24(23)28-25/h6-13,15-16H,3-5,14H2,1-2H3,(H,27,28). The monoisotopic (exact) mass is 388 g/mol. The van der Waals surface area contributed by atoms with Gasteiger partial charge in [0.1, 0.15) is 17.4 Å². The summed E-state index contributed by atoms with van der Waals surface area (Å²) in [5.41, 5.74) is 5.15. The molecule has 3 nitrogen and oxygen atoms in total. The molecular formula is C25H25FN2O. The molecule has 0 fully saturated rings. The third kappa shape index (κ3) is 4.32. The van der Waals surface area contributed by atoms with Gasteiger partial charge in [-0.25, -0.2) is 9.37 Å². The lowest BCUT2D eigenvalue weighted by molar-refractivity contribution is 0.306. The van der Waals surface area contributed by atoms with Crippen molar-refractivity contribution < 1.29 is 9.13 Å². The van der Waals surface area contributed by atoms with Crippen molar-refractivity contribution >= 4 is 11.0 Å². The van der Waals surface area contributed by atoms with Gasteiger partial charge in [-0.05, 0) is 66.4 Å². The number of halogens is 1. The van der Waals surface area contributed by atoms with Crippen molar-refractivity contribution in [3.8, 4) is 28.3 Å². The van der Waals surface area contributed by atoms with Gasteiger partial charge in [0.05, 0.1) is 23.2 Å². The van der Waals surface area contributed by atoms with Crippen LogP contribution in [0, 0.1) is 12.7 Å². The molecule has 3 aromatic carbocycles. The highest BCUT2D eigenvalue weighted by molar-refractivity contribution is 5.80. The Morgan fingerprint density at radius 3 is 2.48 bits per heavy atom. The molecule has 0 aliphatic rings. The van der Waals surface area contributed by atoms with Gasteiger partial charge in [-0.2, -0.15) is 0 Å². The highest BCUT2D eigenvalue weighted by atomic mass is 19.1. The van der Waals surface area contributed by atoms with Crippen molar-refractivity contribution in [2.75, 3.05) is 6.61 Å². The predicted octanol–water partition coefficient (Wildman–Crippen LogP) is 6.91. The smallest absolute Gasteiger partial charge is 0.141 e. The minimum absolute atomic E-state index is 0.293. The minimum atomic E-state index is -0.293. The number of aromatic nitrogens is 2. The molecule has 0 spiro atoms. The van der Waals surface area contributed by atoms with Crippen molar-refractivity contribution in [1.82, 2.24) is 9.97 Å². The number of rotatable bonds is 7. The molecule has 29 heavy (non-hydrogen) atoms. The summed E-state index contributed by atoms with van der Waals surface area (Å²) in [5, 5.41) is 0. The molecular weight excluding hydrogens is 363 g/mol. The first-order chi connectivity index (χ1) is 14.1. The molecule has 0 radical (unpaired) electrons. The molecule has 0 unspecified atom stereocenters. The Hall–Kier alpha value is -3.14. The van der Waals surface area contributed by atoms with Crippen LogP contribution in [0.5, 0.6) is 5.75 Å². The van der Waals surface area contributed by atoms with Crippen molar-refractivity contribution in [3.05, 3.63) is 72.0 Å². The summed E-state index contributed by atoms with van der Waals surface area (Å²) in [6.07, 6.45) is 3.42. The molecule has 0 atom stereocenters. The first-order valence-electron chi connectivity index (χ1n) is 10.1. The van der Waals surface area contributed by atoms with E-state index in [1.54, 1.807) is 12.1 Å². The third-order valence-corrected chi connectivity index (χ3v) is 5.07. The van der Waals surface area contributed by atoms with Gasteiger partial charge in [-0.3, -0.25) is 0 Å². The normalized spacial score (nSPS) is 11.1. The summed E-state index contributed by atoms with van der Waals surface area (Å²) in [5.74, 6) is 1.10. The van der Waals surface area contributed by atoms with E-state index in [1.165, 1.54) is 12.8 Å². The predicted molar refractivity (Wildman–Crippen MR) is 117 cm³/mol. The summed E-state index contributed by atoms with van der Waals surface area (Å²) >= 11 is 0. The number of unbranched alkanes of at least 4 members (excludes halogenated alkanes) is 2. The van der Waals surface area contributed by atoms with E-state index in [0.717, 1.165) is 46.5 Å². The lowest BCUT2D eigenvalue weighted by atomic mass is 10.0. The number of imidazole rings is 1. The van der Waals surface area contributed by atoms with E-state index in [9.17, 15) is 4.39 Å². The van der Waals surface area contributed by atoms with Gasteiger partial charge in [0.25, 0.3) is 0 Å². The zero-order chi connectivity index (χ0) is 20.2. The molecule has 0 saturated heterocycles. The zero-order valence-corrected chi connectivity index (χ0v) is 16.8.